The number of benzene rings is 1. The summed E-state index contributed by atoms with van der Waals surface area (Å²) in [5.41, 5.74) is 1.44. The number of hydrogen-bond acceptors (Lipinski definition) is 6. The number of nitrogens with zero attached hydrogens (tertiary/aromatic N) is 2. The normalized spacial score (nSPS) is 17.1. The van der Waals surface area contributed by atoms with Crippen LogP contribution in [-0.4, -0.2) is 37.0 Å². The maximum atomic E-state index is 5.01. The van der Waals surface area contributed by atoms with Gasteiger partial charge in [0.15, 0.2) is 0 Å². The molecule has 112 valence electrons. The average Bonchev–Trinajstić information content (AvgIpc) is 3.13. The van der Waals surface area contributed by atoms with Crippen molar-refractivity contribution in [1.82, 2.24) is 15.5 Å². The maximum Gasteiger partial charge on any atom is 0.131 e. The van der Waals surface area contributed by atoms with Crippen LogP contribution in [0.1, 0.15) is 20.8 Å². The van der Waals surface area contributed by atoms with Crippen LogP contribution in [0.4, 0.5) is 0 Å². The van der Waals surface area contributed by atoms with E-state index in [1.54, 1.807) is 18.4 Å². The third-order valence-electron chi connectivity index (χ3n) is 3.40. The summed E-state index contributed by atoms with van der Waals surface area (Å²) in [7, 11) is 1.72. The van der Waals surface area contributed by atoms with E-state index in [-0.39, 0.29) is 0 Å². The summed E-state index contributed by atoms with van der Waals surface area (Å²) in [5, 5.41) is 14.8. The van der Waals surface area contributed by atoms with Crippen LogP contribution in [0.3, 0.4) is 0 Å². The van der Waals surface area contributed by atoms with E-state index in [1.807, 2.05) is 11.8 Å². The molecule has 3 rings (SSSR count). The Morgan fingerprint density at radius 2 is 2.19 bits per heavy atom. The molecule has 1 unspecified atom stereocenters. The van der Waals surface area contributed by atoms with Crippen LogP contribution >= 0.6 is 23.1 Å². The van der Waals surface area contributed by atoms with Crippen molar-refractivity contribution in [3.05, 3.63) is 39.8 Å². The summed E-state index contributed by atoms with van der Waals surface area (Å²) >= 11 is 3.66. The lowest BCUT2D eigenvalue weighted by Crippen LogP contribution is -2.21. The predicted molar refractivity (Wildman–Crippen MR) is 87.1 cm³/mol. The zero-order valence-electron chi connectivity index (χ0n) is 12.0. The Morgan fingerprint density at radius 3 is 3.05 bits per heavy atom. The van der Waals surface area contributed by atoms with E-state index in [2.05, 4.69) is 39.8 Å². The Balaban J connectivity index is 1.52. The van der Waals surface area contributed by atoms with Crippen LogP contribution < -0.4 is 5.32 Å². The van der Waals surface area contributed by atoms with E-state index in [0.717, 1.165) is 42.6 Å². The lowest BCUT2D eigenvalue weighted by atomic mass is 10.1. The predicted octanol–water partition coefficient (Wildman–Crippen LogP) is 2.71. The zero-order chi connectivity index (χ0) is 14.5. The number of aromatic nitrogens is 2. The first kappa shape index (κ1) is 15.0. The van der Waals surface area contributed by atoms with E-state index in [1.165, 1.54) is 10.5 Å². The third kappa shape index (κ3) is 3.83. The molecule has 1 aromatic heterocycles. The van der Waals surface area contributed by atoms with Crippen LogP contribution in [0.25, 0.3) is 0 Å². The van der Waals surface area contributed by atoms with E-state index >= 15 is 0 Å². The van der Waals surface area contributed by atoms with Crippen LogP contribution in [0.15, 0.2) is 29.2 Å². The van der Waals surface area contributed by atoms with Gasteiger partial charge in [-0.2, -0.15) is 0 Å². The molecule has 1 aliphatic rings. The molecule has 0 bridgehead atoms. The Bertz CT molecular complexity index is 563. The monoisotopic (exact) mass is 321 g/mol. The fourth-order valence-electron chi connectivity index (χ4n) is 2.31. The lowest BCUT2D eigenvalue weighted by Gasteiger charge is -2.02. The van der Waals surface area contributed by atoms with Gasteiger partial charge in [0.1, 0.15) is 10.0 Å². The number of fused-ring (bicyclic) bond motifs is 1. The van der Waals surface area contributed by atoms with Gasteiger partial charge in [-0.25, -0.2) is 0 Å². The summed E-state index contributed by atoms with van der Waals surface area (Å²) in [6, 6.07) is 8.62. The first-order valence-corrected chi connectivity index (χ1v) is 8.83. The highest BCUT2D eigenvalue weighted by atomic mass is 32.2. The molecule has 0 radical (unpaired) electrons. The Morgan fingerprint density at radius 1 is 1.29 bits per heavy atom. The molecule has 1 aromatic carbocycles. The van der Waals surface area contributed by atoms with Crippen LogP contribution in [0.2, 0.25) is 0 Å². The van der Waals surface area contributed by atoms with Crippen molar-refractivity contribution in [3.63, 3.8) is 0 Å². The second-order valence-electron chi connectivity index (χ2n) is 4.95. The SMILES string of the molecule is COCCNCCc1nnc(C2Cc3ccccc3S2)s1. The highest BCUT2D eigenvalue weighted by Gasteiger charge is 2.26. The second kappa shape index (κ2) is 7.35. The number of nitrogens with one attached hydrogen (secondary N) is 1. The van der Waals surface area contributed by atoms with Gasteiger partial charge in [0.25, 0.3) is 0 Å². The van der Waals surface area contributed by atoms with Crippen molar-refractivity contribution in [2.75, 3.05) is 26.8 Å². The molecule has 2 heterocycles. The minimum Gasteiger partial charge on any atom is -0.383 e. The van der Waals surface area contributed by atoms with Gasteiger partial charge in [0.05, 0.1) is 11.9 Å². The van der Waals surface area contributed by atoms with E-state index < -0.39 is 0 Å². The molecule has 0 amide bonds. The Labute approximate surface area is 133 Å². The molecule has 0 saturated heterocycles. The second-order valence-corrected chi connectivity index (χ2v) is 7.28. The minimum absolute atomic E-state index is 0.440. The highest BCUT2D eigenvalue weighted by molar-refractivity contribution is 8.00. The molecule has 0 saturated carbocycles. The fraction of sp³-hybridized carbons (Fsp3) is 0.467. The molecular formula is C15H19N3OS2. The number of methoxy groups -OCH3 is 1. The maximum absolute atomic E-state index is 5.01. The molecule has 21 heavy (non-hydrogen) atoms. The number of thioether (sulfide) groups is 1. The fourth-order valence-corrected chi connectivity index (χ4v) is 4.60. The minimum atomic E-state index is 0.440. The summed E-state index contributed by atoms with van der Waals surface area (Å²) in [5.74, 6) is 0. The smallest absolute Gasteiger partial charge is 0.131 e. The lowest BCUT2D eigenvalue weighted by molar-refractivity contribution is 0.199. The molecule has 1 atom stereocenters. The van der Waals surface area contributed by atoms with Gasteiger partial charge in [0, 0.05) is 31.5 Å². The van der Waals surface area contributed by atoms with Crippen molar-refractivity contribution >= 4 is 23.1 Å². The number of hydrogen-bond donors (Lipinski definition) is 1. The van der Waals surface area contributed by atoms with E-state index in [9.17, 15) is 0 Å². The molecule has 1 N–H and O–H groups in total. The highest BCUT2D eigenvalue weighted by Crippen LogP contribution is 2.46. The van der Waals surface area contributed by atoms with E-state index in [0.29, 0.717) is 5.25 Å². The first-order valence-electron chi connectivity index (χ1n) is 7.13. The van der Waals surface area contributed by atoms with Crippen molar-refractivity contribution in [1.29, 1.82) is 0 Å². The van der Waals surface area contributed by atoms with Gasteiger partial charge in [0.2, 0.25) is 0 Å². The summed E-state index contributed by atoms with van der Waals surface area (Å²) in [6.07, 6.45) is 2.01. The quantitative estimate of drug-likeness (QED) is 0.795. The molecular weight excluding hydrogens is 302 g/mol. The zero-order valence-corrected chi connectivity index (χ0v) is 13.7. The molecule has 0 spiro atoms. The molecule has 0 aliphatic carbocycles. The van der Waals surface area contributed by atoms with Crippen LogP contribution in [0.5, 0.6) is 0 Å². The van der Waals surface area contributed by atoms with Gasteiger partial charge in [-0.1, -0.05) is 18.2 Å². The van der Waals surface area contributed by atoms with Crippen LogP contribution in [-0.2, 0) is 17.6 Å². The summed E-state index contributed by atoms with van der Waals surface area (Å²) in [6.45, 7) is 2.56. The third-order valence-corrected chi connectivity index (χ3v) is 5.98. The standard InChI is InChI=1S/C15H19N3OS2/c1-19-9-8-16-7-6-14-17-18-15(21-14)13-10-11-4-2-3-5-12(11)20-13/h2-5,13,16H,6-10H2,1H3. The first-order chi connectivity index (χ1) is 10.4. The van der Waals surface area contributed by atoms with Gasteiger partial charge < -0.3 is 10.1 Å². The number of ether oxygens (including phenoxy) is 1. The van der Waals surface area contributed by atoms with Gasteiger partial charge in [-0.15, -0.1) is 33.3 Å². The topological polar surface area (TPSA) is 47.0 Å². The average molecular weight is 321 g/mol. The largest absolute Gasteiger partial charge is 0.383 e. The van der Waals surface area contributed by atoms with Crippen molar-refractivity contribution < 1.29 is 4.74 Å². The van der Waals surface area contributed by atoms with Gasteiger partial charge in [-0.05, 0) is 18.1 Å². The molecule has 6 heteroatoms. The molecule has 2 aromatic rings. The Kier molecular flexibility index (Phi) is 5.24. The summed E-state index contributed by atoms with van der Waals surface area (Å²) in [4.78, 5) is 1.39. The Hall–Kier alpha value is -0.950. The van der Waals surface area contributed by atoms with Crippen molar-refractivity contribution in [3.8, 4) is 0 Å². The van der Waals surface area contributed by atoms with Gasteiger partial charge >= 0.3 is 0 Å². The van der Waals surface area contributed by atoms with E-state index in [4.69, 9.17) is 4.74 Å². The van der Waals surface area contributed by atoms with Crippen molar-refractivity contribution in [2.45, 2.75) is 23.0 Å². The molecule has 1 aliphatic heterocycles. The molecule has 4 nitrogen and oxygen atoms in total. The van der Waals surface area contributed by atoms with Gasteiger partial charge in [-0.3, -0.25) is 0 Å². The van der Waals surface area contributed by atoms with Crippen molar-refractivity contribution in [2.24, 2.45) is 0 Å². The summed E-state index contributed by atoms with van der Waals surface area (Å²) < 4.78 is 5.01. The van der Waals surface area contributed by atoms with Crippen LogP contribution in [0, 0.1) is 0 Å². The molecule has 0 fully saturated rings. The number of rotatable bonds is 7.